The van der Waals surface area contributed by atoms with Gasteiger partial charge in [0.05, 0.1) is 17.5 Å². The molecule has 3 heteroatoms. The van der Waals surface area contributed by atoms with Crippen LogP contribution in [0.5, 0.6) is 0 Å². The summed E-state index contributed by atoms with van der Waals surface area (Å²) in [5.74, 6) is 0.363. The fourth-order valence-electron chi connectivity index (χ4n) is 1.98. The molecule has 2 atom stereocenters. The Hall–Kier alpha value is -1.35. The highest BCUT2D eigenvalue weighted by molar-refractivity contribution is 6.17. The molecule has 0 aromatic carbocycles. The Bertz CT molecular complexity index is 378. The van der Waals surface area contributed by atoms with Crippen molar-refractivity contribution in [3.63, 3.8) is 0 Å². The van der Waals surface area contributed by atoms with Crippen LogP contribution in [0.25, 0.3) is 5.70 Å². The lowest BCUT2D eigenvalue weighted by Crippen LogP contribution is -2.29. The fourth-order valence-corrected chi connectivity index (χ4v) is 1.98. The zero-order valence-electron chi connectivity index (χ0n) is 9.10. The van der Waals surface area contributed by atoms with E-state index < -0.39 is 0 Å². The van der Waals surface area contributed by atoms with Crippen molar-refractivity contribution in [3.05, 3.63) is 30.6 Å². The Morgan fingerprint density at radius 2 is 2.07 bits per heavy atom. The van der Waals surface area contributed by atoms with Crippen molar-refractivity contribution in [1.82, 2.24) is 4.57 Å². The molecule has 1 heterocycles. The van der Waals surface area contributed by atoms with Crippen LogP contribution in [-0.2, 0) is 4.74 Å². The zero-order valence-corrected chi connectivity index (χ0v) is 9.10. The normalized spacial score (nSPS) is 26.5. The maximum Gasteiger partial charge on any atom is 0.0688 e. The van der Waals surface area contributed by atoms with Gasteiger partial charge in [0.1, 0.15) is 0 Å². The molecular weight excluding hydrogens is 188 g/mol. The third kappa shape index (κ3) is 1.88. The summed E-state index contributed by atoms with van der Waals surface area (Å²) in [5, 5.41) is 7.98. The molecule has 80 valence electrons. The van der Waals surface area contributed by atoms with Crippen molar-refractivity contribution in [2.24, 2.45) is 5.92 Å². The molecule has 0 aliphatic heterocycles. The van der Waals surface area contributed by atoms with Crippen molar-refractivity contribution in [3.8, 4) is 0 Å². The van der Waals surface area contributed by atoms with E-state index in [-0.39, 0.29) is 6.10 Å². The highest BCUT2D eigenvalue weighted by Gasteiger charge is 2.25. The van der Waals surface area contributed by atoms with Gasteiger partial charge in [-0.15, -0.1) is 0 Å². The van der Waals surface area contributed by atoms with Crippen molar-refractivity contribution in [2.75, 3.05) is 7.11 Å². The number of hydrogen-bond donors (Lipinski definition) is 1. The Balaban J connectivity index is 2.30. The second kappa shape index (κ2) is 4.03. The van der Waals surface area contributed by atoms with Gasteiger partial charge in [0.2, 0.25) is 0 Å². The molecule has 0 amide bonds. The Labute approximate surface area is 89.9 Å². The molecule has 0 bridgehead atoms. The van der Waals surface area contributed by atoms with Gasteiger partial charge in [0.15, 0.2) is 0 Å². The van der Waals surface area contributed by atoms with Crippen LogP contribution in [0, 0.1) is 11.3 Å². The van der Waals surface area contributed by atoms with Crippen molar-refractivity contribution in [2.45, 2.75) is 19.4 Å². The Morgan fingerprint density at radius 1 is 1.40 bits per heavy atom. The molecule has 0 radical (unpaired) electrons. The van der Waals surface area contributed by atoms with Gasteiger partial charge in [-0.25, -0.2) is 0 Å². The monoisotopic (exact) mass is 204 g/mol. The summed E-state index contributed by atoms with van der Waals surface area (Å²) in [6.45, 7) is 2.13. The van der Waals surface area contributed by atoms with Crippen LogP contribution in [0.3, 0.4) is 0 Å². The molecule has 1 aromatic heterocycles. The summed E-state index contributed by atoms with van der Waals surface area (Å²) in [6.07, 6.45) is 6.90. The van der Waals surface area contributed by atoms with E-state index in [2.05, 4.69) is 13.0 Å². The number of rotatable bonds is 2. The van der Waals surface area contributed by atoms with E-state index in [1.807, 2.05) is 29.1 Å². The van der Waals surface area contributed by atoms with Gasteiger partial charge in [-0.1, -0.05) is 13.0 Å². The third-order valence-electron chi connectivity index (χ3n) is 2.91. The number of allylic oxidation sites excluding steroid dienone is 1. The van der Waals surface area contributed by atoms with Crippen molar-refractivity contribution in [1.29, 1.82) is 5.41 Å². The van der Waals surface area contributed by atoms with Crippen LogP contribution >= 0.6 is 0 Å². The van der Waals surface area contributed by atoms with Gasteiger partial charge in [0.25, 0.3) is 0 Å². The average molecular weight is 204 g/mol. The topological polar surface area (TPSA) is 38.0 Å². The summed E-state index contributed by atoms with van der Waals surface area (Å²) in [7, 11) is 1.71. The number of aromatic nitrogens is 1. The Kier molecular flexibility index (Phi) is 2.73. The van der Waals surface area contributed by atoms with Crippen LogP contribution in [-0.4, -0.2) is 23.5 Å². The molecule has 1 aliphatic rings. The minimum Gasteiger partial charge on any atom is -0.380 e. The van der Waals surface area contributed by atoms with Crippen LogP contribution in [0.4, 0.5) is 0 Å². The predicted octanol–water partition coefficient (Wildman–Crippen LogP) is 2.40. The highest BCUT2D eigenvalue weighted by Crippen LogP contribution is 2.25. The van der Waals surface area contributed by atoms with Gasteiger partial charge in [0, 0.05) is 31.8 Å². The average Bonchev–Trinajstić information content (AvgIpc) is 2.74. The first-order chi connectivity index (χ1) is 7.22. The molecule has 0 saturated carbocycles. The predicted molar refractivity (Wildman–Crippen MR) is 61.0 cm³/mol. The van der Waals surface area contributed by atoms with Gasteiger partial charge in [-0.05, 0) is 12.1 Å². The number of ether oxygens (including phenoxy) is 1. The van der Waals surface area contributed by atoms with E-state index in [0.29, 0.717) is 18.1 Å². The second-order valence-electron chi connectivity index (χ2n) is 3.96. The zero-order chi connectivity index (χ0) is 10.8. The van der Waals surface area contributed by atoms with Crippen LogP contribution in [0.15, 0.2) is 30.6 Å². The van der Waals surface area contributed by atoms with Crippen LogP contribution in [0.2, 0.25) is 0 Å². The number of methoxy groups -OCH3 is 1. The van der Waals surface area contributed by atoms with Gasteiger partial charge >= 0.3 is 0 Å². The third-order valence-corrected chi connectivity index (χ3v) is 2.91. The highest BCUT2D eigenvalue weighted by atomic mass is 16.5. The standard InChI is InChI=1S/C12H16N2O/c1-9-7-11(14-5-3-4-6-14)10(13)8-12(9)15-2/h3-7,9,12-13H,8H2,1-2H3. The smallest absolute Gasteiger partial charge is 0.0688 e. The lowest BCUT2D eigenvalue weighted by atomic mass is 9.90. The van der Waals surface area contributed by atoms with Crippen LogP contribution in [0.1, 0.15) is 13.3 Å². The summed E-state index contributed by atoms with van der Waals surface area (Å²) >= 11 is 0. The number of nitrogens with zero attached hydrogens (tertiary/aromatic N) is 1. The van der Waals surface area contributed by atoms with E-state index >= 15 is 0 Å². The minimum atomic E-state index is 0.150. The van der Waals surface area contributed by atoms with E-state index in [4.69, 9.17) is 10.1 Å². The molecule has 0 saturated heterocycles. The number of nitrogens with one attached hydrogen (secondary N) is 1. The van der Waals surface area contributed by atoms with Crippen LogP contribution < -0.4 is 0 Å². The summed E-state index contributed by atoms with van der Waals surface area (Å²) in [4.78, 5) is 0. The molecule has 1 aromatic rings. The fraction of sp³-hybridized carbons (Fsp3) is 0.417. The van der Waals surface area contributed by atoms with E-state index in [1.54, 1.807) is 7.11 Å². The maximum atomic E-state index is 7.98. The first-order valence-electron chi connectivity index (χ1n) is 5.18. The molecule has 2 rings (SSSR count). The van der Waals surface area contributed by atoms with E-state index in [9.17, 15) is 0 Å². The molecule has 1 N–H and O–H groups in total. The maximum absolute atomic E-state index is 7.98. The van der Waals surface area contributed by atoms with E-state index in [1.165, 1.54) is 0 Å². The minimum absolute atomic E-state index is 0.150. The molecule has 15 heavy (non-hydrogen) atoms. The molecule has 0 fully saturated rings. The molecule has 1 aliphatic carbocycles. The van der Waals surface area contributed by atoms with Gasteiger partial charge < -0.3 is 14.7 Å². The van der Waals surface area contributed by atoms with Crippen molar-refractivity contribution < 1.29 is 4.74 Å². The second-order valence-corrected chi connectivity index (χ2v) is 3.96. The quantitative estimate of drug-likeness (QED) is 0.789. The number of hydrogen-bond acceptors (Lipinski definition) is 2. The molecule has 0 spiro atoms. The van der Waals surface area contributed by atoms with Gasteiger partial charge in [-0.3, -0.25) is 0 Å². The van der Waals surface area contributed by atoms with Gasteiger partial charge in [-0.2, -0.15) is 0 Å². The molecular formula is C12H16N2O. The summed E-state index contributed by atoms with van der Waals surface area (Å²) < 4.78 is 7.34. The summed E-state index contributed by atoms with van der Waals surface area (Å²) in [5.41, 5.74) is 1.64. The molecule has 2 unspecified atom stereocenters. The SMILES string of the molecule is COC1CC(=N)C(n2cccc2)=CC1C. The van der Waals surface area contributed by atoms with Crippen molar-refractivity contribution >= 4 is 11.4 Å². The largest absolute Gasteiger partial charge is 0.380 e. The summed E-state index contributed by atoms with van der Waals surface area (Å²) in [6, 6.07) is 3.95. The molecule has 3 nitrogen and oxygen atoms in total. The lowest BCUT2D eigenvalue weighted by Gasteiger charge is -2.27. The first-order valence-corrected chi connectivity index (χ1v) is 5.18. The lowest BCUT2D eigenvalue weighted by molar-refractivity contribution is 0.0788. The van der Waals surface area contributed by atoms with E-state index in [0.717, 1.165) is 5.70 Å². The Morgan fingerprint density at radius 3 is 2.67 bits per heavy atom. The first kappa shape index (κ1) is 10.2.